The second-order valence-corrected chi connectivity index (χ2v) is 4.93. The summed E-state index contributed by atoms with van der Waals surface area (Å²) in [6.07, 6.45) is 8.42. The molecule has 0 atom stereocenters. The Hall–Kier alpha value is -2.10. The first-order valence-corrected chi connectivity index (χ1v) is 6.99. The number of aromatic nitrogens is 2. The third kappa shape index (κ3) is 2.59. The van der Waals surface area contributed by atoms with E-state index in [-0.39, 0.29) is 6.10 Å². The summed E-state index contributed by atoms with van der Waals surface area (Å²) in [4.78, 5) is 8.63. The molecule has 4 nitrogen and oxygen atoms in total. The molecule has 0 unspecified atom stereocenters. The molecular weight excluding hydrogens is 252 g/mol. The van der Waals surface area contributed by atoms with Gasteiger partial charge in [-0.25, -0.2) is 9.97 Å². The topological polar surface area (TPSA) is 44.2 Å². The van der Waals surface area contributed by atoms with Gasteiger partial charge in [-0.1, -0.05) is 6.07 Å². The van der Waals surface area contributed by atoms with Crippen molar-refractivity contribution >= 4 is 0 Å². The van der Waals surface area contributed by atoms with Crippen LogP contribution in [0.15, 0.2) is 36.7 Å². The van der Waals surface area contributed by atoms with Crippen molar-refractivity contribution in [2.75, 3.05) is 7.11 Å². The third-order valence-corrected chi connectivity index (χ3v) is 3.59. The van der Waals surface area contributed by atoms with E-state index < -0.39 is 0 Å². The summed E-state index contributed by atoms with van der Waals surface area (Å²) >= 11 is 0. The van der Waals surface area contributed by atoms with E-state index in [1.807, 2.05) is 18.2 Å². The van der Waals surface area contributed by atoms with Crippen molar-refractivity contribution in [3.05, 3.63) is 36.7 Å². The summed E-state index contributed by atoms with van der Waals surface area (Å²) < 4.78 is 11.6. The van der Waals surface area contributed by atoms with Gasteiger partial charge < -0.3 is 9.47 Å². The van der Waals surface area contributed by atoms with Gasteiger partial charge in [-0.2, -0.15) is 0 Å². The zero-order valence-electron chi connectivity index (χ0n) is 11.6. The van der Waals surface area contributed by atoms with Crippen LogP contribution in [-0.2, 0) is 0 Å². The number of methoxy groups -OCH3 is 1. The maximum atomic E-state index is 6.18. The molecule has 4 heteroatoms. The molecule has 104 valence electrons. The molecule has 1 aromatic carbocycles. The predicted molar refractivity (Wildman–Crippen MR) is 76.9 cm³/mol. The summed E-state index contributed by atoms with van der Waals surface area (Å²) in [6.45, 7) is 0. The summed E-state index contributed by atoms with van der Waals surface area (Å²) in [5, 5.41) is 0. The molecule has 0 radical (unpaired) electrons. The SMILES string of the molecule is COc1cccc(-c2ncccn2)c1OC1CCCC1. The molecule has 0 N–H and O–H groups in total. The Morgan fingerprint density at radius 2 is 1.80 bits per heavy atom. The lowest BCUT2D eigenvalue weighted by molar-refractivity contribution is 0.201. The number of hydrogen-bond acceptors (Lipinski definition) is 4. The van der Waals surface area contributed by atoms with Crippen LogP contribution in [-0.4, -0.2) is 23.2 Å². The molecule has 0 saturated heterocycles. The molecule has 1 aromatic heterocycles. The van der Waals surface area contributed by atoms with Crippen molar-refractivity contribution in [1.29, 1.82) is 0 Å². The van der Waals surface area contributed by atoms with Crippen LogP contribution < -0.4 is 9.47 Å². The molecule has 1 fully saturated rings. The number of hydrogen-bond donors (Lipinski definition) is 0. The summed E-state index contributed by atoms with van der Waals surface area (Å²) in [7, 11) is 1.66. The van der Waals surface area contributed by atoms with Gasteiger partial charge in [0.05, 0.1) is 18.8 Å². The molecule has 0 amide bonds. The highest BCUT2D eigenvalue weighted by atomic mass is 16.5. The van der Waals surface area contributed by atoms with Crippen LogP contribution in [0.1, 0.15) is 25.7 Å². The van der Waals surface area contributed by atoms with Crippen LogP contribution >= 0.6 is 0 Å². The number of rotatable bonds is 4. The van der Waals surface area contributed by atoms with Crippen LogP contribution in [0.25, 0.3) is 11.4 Å². The lowest BCUT2D eigenvalue weighted by atomic mass is 10.1. The smallest absolute Gasteiger partial charge is 0.172 e. The minimum atomic E-state index is 0.272. The zero-order valence-corrected chi connectivity index (χ0v) is 11.6. The van der Waals surface area contributed by atoms with Crippen molar-refractivity contribution in [3.8, 4) is 22.9 Å². The lowest BCUT2D eigenvalue weighted by Crippen LogP contribution is -2.12. The van der Waals surface area contributed by atoms with Crippen molar-refractivity contribution in [2.24, 2.45) is 0 Å². The molecule has 0 aliphatic heterocycles. The van der Waals surface area contributed by atoms with Gasteiger partial charge in [0, 0.05) is 12.4 Å². The third-order valence-electron chi connectivity index (χ3n) is 3.59. The Morgan fingerprint density at radius 1 is 1.05 bits per heavy atom. The maximum Gasteiger partial charge on any atom is 0.172 e. The second-order valence-electron chi connectivity index (χ2n) is 4.93. The van der Waals surface area contributed by atoms with Crippen LogP contribution in [0.5, 0.6) is 11.5 Å². The van der Waals surface area contributed by atoms with Crippen molar-refractivity contribution in [1.82, 2.24) is 9.97 Å². The van der Waals surface area contributed by atoms with E-state index in [1.54, 1.807) is 25.6 Å². The lowest BCUT2D eigenvalue weighted by Gasteiger charge is -2.18. The van der Waals surface area contributed by atoms with Gasteiger partial charge in [0.15, 0.2) is 17.3 Å². The molecule has 1 heterocycles. The van der Waals surface area contributed by atoms with Gasteiger partial charge in [-0.05, 0) is 43.9 Å². The number of nitrogens with zero attached hydrogens (tertiary/aromatic N) is 2. The van der Waals surface area contributed by atoms with Gasteiger partial charge in [-0.3, -0.25) is 0 Å². The first-order valence-electron chi connectivity index (χ1n) is 6.99. The fraction of sp³-hybridized carbons (Fsp3) is 0.375. The maximum absolute atomic E-state index is 6.18. The van der Waals surface area contributed by atoms with Gasteiger partial charge in [0.2, 0.25) is 0 Å². The molecule has 3 rings (SSSR count). The fourth-order valence-electron chi connectivity index (χ4n) is 2.59. The van der Waals surface area contributed by atoms with Crippen LogP contribution in [0.4, 0.5) is 0 Å². The van der Waals surface area contributed by atoms with E-state index >= 15 is 0 Å². The summed E-state index contributed by atoms with van der Waals surface area (Å²) in [6, 6.07) is 7.63. The van der Waals surface area contributed by atoms with E-state index in [1.165, 1.54) is 12.8 Å². The number of para-hydroxylation sites is 1. The standard InChI is InChI=1S/C16H18N2O2/c1-19-14-9-4-8-13(16-17-10-5-11-18-16)15(14)20-12-6-2-3-7-12/h4-5,8-12H,2-3,6-7H2,1H3. The molecule has 0 bridgehead atoms. The van der Waals surface area contributed by atoms with Gasteiger partial charge >= 0.3 is 0 Å². The highest BCUT2D eigenvalue weighted by Crippen LogP contribution is 2.38. The van der Waals surface area contributed by atoms with E-state index in [0.29, 0.717) is 5.82 Å². The van der Waals surface area contributed by atoms with E-state index in [2.05, 4.69) is 9.97 Å². The Kier molecular flexibility index (Phi) is 3.81. The Bertz CT molecular complexity index is 566. The van der Waals surface area contributed by atoms with E-state index in [0.717, 1.165) is 29.9 Å². The molecule has 1 saturated carbocycles. The number of ether oxygens (including phenoxy) is 2. The van der Waals surface area contributed by atoms with E-state index in [4.69, 9.17) is 9.47 Å². The zero-order chi connectivity index (χ0) is 13.8. The molecule has 2 aromatic rings. The first kappa shape index (κ1) is 12.9. The van der Waals surface area contributed by atoms with Gasteiger partial charge in [0.1, 0.15) is 0 Å². The molecular formula is C16H18N2O2. The quantitative estimate of drug-likeness (QED) is 0.853. The normalized spacial score (nSPS) is 15.2. The Morgan fingerprint density at radius 3 is 2.50 bits per heavy atom. The largest absolute Gasteiger partial charge is 0.493 e. The van der Waals surface area contributed by atoms with Crippen LogP contribution in [0, 0.1) is 0 Å². The van der Waals surface area contributed by atoms with Crippen molar-refractivity contribution in [3.63, 3.8) is 0 Å². The van der Waals surface area contributed by atoms with Crippen molar-refractivity contribution < 1.29 is 9.47 Å². The summed E-state index contributed by atoms with van der Waals surface area (Å²) in [5.74, 6) is 2.16. The first-order chi connectivity index (χ1) is 9.88. The average Bonchev–Trinajstić information content (AvgIpc) is 3.01. The minimum Gasteiger partial charge on any atom is -0.493 e. The second kappa shape index (κ2) is 5.90. The fourth-order valence-corrected chi connectivity index (χ4v) is 2.59. The highest BCUT2D eigenvalue weighted by molar-refractivity contribution is 5.68. The number of benzene rings is 1. The molecule has 20 heavy (non-hydrogen) atoms. The van der Waals surface area contributed by atoms with Crippen LogP contribution in [0.3, 0.4) is 0 Å². The Labute approximate surface area is 118 Å². The van der Waals surface area contributed by atoms with Crippen LogP contribution in [0.2, 0.25) is 0 Å². The van der Waals surface area contributed by atoms with Crippen molar-refractivity contribution in [2.45, 2.75) is 31.8 Å². The predicted octanol–water partition coefficient (Wildman–Crippen LogP) is 3.47. The summed E-state index contributed by atoms with van der Waals surface area (Å²) in [5.41, 5.74) is 0.886. The molecule has 1 aliphatic rings. The monoisotopic (exact) mass is 270 g/mol. The Balaban J connectivity index is 2.00. The van der Waals surface area contributed by atoms with Gasteiger partial charge in [0.25, 0.3) is 0 Å². The minimum absolute atomic E-state index is 0.272. The molecule has 0 spiro atoms. The highest BCUT2D eigenvalue weighted by Gasteiger charge is 2.21. The molecule has 1 aliphatic carbocycles. The average molecular weight is 270 g/mol. The van der Waals surface area contributed by atoms with E-state index in [9.17, 15) is 0 Å². The van der Waals surface area contributed by atoms with Gasteiger partial charge in [-0.15, -0.1) is 0 Å².